The summed E-state index contributed by atoms with van der Waals surface area (Å²) in [6.07, 6.45) is 2.48. The molecule has 0 aliphatic heterocycles. The molecule has 76 valence electrons. The summed E-state index contributed by atoms with van der Waals surface area (Å²) < 4.78 is 4.80. The van der Waals surface area contributed by atoms with Crippen LogP contribution in [0.2, 0.25) is 0 Å². The minimum atomic E-state index is -0.267. The van der Waals surface area contributed by atoms with Crippen molar-refractivity contribution in [2.75, 3.05) is 0 Å². The lowest BCUT2D eigenvalue weighted by Gasteiger charge is -2.31. The molecule has 1 saturated carbocycles. The van der Waals surface area contributed by atoms with Crippen LogP contribution in [-0.2, 0) is 0 Å². The number of aliphatic hydroxyl groups is 1. The van der Waals surface area contributed by atoms with Crippen molar-refractivity contribution in [2.45, 2.75) is 31.9 Å². The Bertz CT molecular complexity index is 342. The number of nitrogens with zero attached hydrogens (tertiary/aromatic N) is 1. The average molecular weight is 196 g/mol. The van der Waals surface area contributed by atoms with Crippen molar-refractivity contribution in [1.82, 2.24) is 10.5 Å². The van der Waals surface area contributed by atoms with Gasteiger partial charge in [-0.15, -0.1) is 0 Å². The Hall–Kier alpha value is -1.36. The van der Waals surface area contributed by atoms with Gasteiger partial charge < -0.3 is 14.9 Å². The molecule has 0 atom stereocenters. The third-order valence-corrected chi connectivity index (χ3v) is 2.40. The van der Waals surface area contributed by atoms with E-state index in [0.29, 0.717) is 12.8 Å². The first-order valence-electron chi connectivity index (χ1n) is 4.57. The van der Waals surface area contributed by atoms with Crippen molar-refractivity contribution >= 4 is 5.91 Å². The Morgan fingerprint density at radius 2 is 2.43 bits per heavy atom. The molecule has 5 nitrogen and oxygen atoms in total. The molecule has 5 heteroatoms. The van der Waals surface area contributed by atoms with Gasteiger partial charge in [-0.25, -0.2) is 0 Å². The van der Waals surface area contributed by atoms with Crippen LogP contribution in [0.4, 0.5) is 0 Å². The molecule has 0 saturated heterocycles. The maximum atomic E-state index is 11.5. The van der Waals surface area contributed by atoms with E-state index in [-0.39, 0.29) is 23.8 Å². The first kappa shape index (κ1) is 9.21. The molecule has 2 N–H and O–H groups in total. The molecule has 1 heterocycles. The lowest BCUT2D eigenvalue weighted by molar-refractivity contribution is 0.0547. The predicted molar refractivity (Wildman–Crippen MR) is 47.7 cm³/mol. The highest BCUT2D eigenvalue weighted by Gasteiger charge is 2.29. The molecule has 14 heavy (non-hydrogen) atoms. The van der Waals surface area contributed by atoms with Crippen LogP contribution >= 0.6 is 0 Å². The SMILES string of the molecule is Cc1cnoc1C(=O)NC1CC(O)C1. The summed E-state index contributed by atoms with van der Waals surface area (Å²) >= 11 is 0. The Balaban J connectivity index is 1.93. The number of hydrogen-bond acceptors (Lipinski definition) is 4. The molecular formula is C9H12N2O3. The second-order valence-electron chi connectivity index (χ2n) is 3.63. The molecule has 1 aliphatic rings. The maximum absolute atomic E-state index is 11.5. The van der Waals surface area contributed by atoms with Gasteiger partial charge in [0.1, 0.15) is 0 Å². The zero-order valence-corrected chi connectivity index (χ0v) is 7.86. The molecule has 0 radical (unpaired) electrons. The van der Waals surface area contributed by atoms with Crippen LogP contribution in [0, 0.1) is 6.92 Å². The Labute approximate surface area is 81.1 Å². The van der Waals surface area contributed by atoms with E-state index in [1.807, 2.05) is 0 Å². The third kappa shape index (κ3) is 1.63. The lowest BCUT2D eigenvalue weighted by Crippen LogP contribution is -2.46. The van der Waals surface area contributed by atoms with Gasteiger partial charge in [-0.05, 0) is 19.8 Å². The van der Waals surface area contributed by atoms with E-state index >= 15 is 0 Å². The number of hydrogen-bond donors (Lipinski definition) is 2. The lowest BCUT2D eigenvalue weighted by atomic mass is 9.89. The molecular weight excluding hydrogens is 184 g/mol. The molecule has 0 aromatic carbocycles. The first-order chi connectivity index (χ1) is 6.66. The summed E-state index contributed by atoms with van der Waals surface area (Å²) in [5.41, 5.74) is 0.724. The monoisotopic (exact) mass is 196 g/mol. The van der Waals surface area contributed by atoms with Crippen LogP contribution in [0.5, 0.6) is 0 Å². The third-order valence-electron chi connectivity index (χ3n) is 2.40. The zero-order chi connectivity index (χ0) is 10.1. The van der Waals surface area contributed by atoms with E-state index in [2.05, 4.69) is 10.5 Å². The van der Waals surface area contributed by atoms with E-state index in [0.717, 1.165) is 5.56 Å². The number of aromatic nitrogens is 1. The maximum Gasteiger partial charge on any atom is 0.290 e. The fourth-order valence-electron chi connectivity index (χ4n) is 1.47. The normalized spacial score (nSPS) is 25.6. The number of nitrogens with one attached hydrogen (secondary N) is 1. The van der Waals surface area contributed by atoms with Crippen molar-refractivity contribution in [1.29, 1.82) is 0 Å². The number of aliphatic hydroxyl groups excluding tert-OH is 1. The molecule has 0 unspecified atom stereocenters. The second kappa shape index (κ2) is 3.42. The van der Waals surface area contributed by atoms with Gasteiger partial charge in [0.25, 0.3) is 5.91 Å². The Morgan fingerprint density at radius 3 is 2.93 bits per heavy atom. The van der Waals surface area contributed by atoms with Gasteiger partial charge in [0.15, 0.2) is 0 Å². The van der Waals surface area contributed by atoms with Gasteiger partial charge in [-0.2, -0.15) is 0 Å². The fourth-order valence-corrected chi connectivity index (χ4v) is 1.47. The fraction of sp³-hybridized carbons (Fsp3) is 0.556. The van der Waals surface area contributed by atoms with Crippen molar-refractivity contribution in [3.8, 4) is 0 Å². The van der Waals surface area contributed by atoms with Crippen LogP contribution < -0.4 is 5.32 Å². The van der Waals surface area contributed by atoms with Crippen LogP contribution in [-0.4, -0.2) is 28.3 Å². The number of carbonyl (C=O) groups is 1. The minimum Gasteiger partial charge on any atom is -0.393 e. The minimum absolute atomic E-state index is 0.0713. The topological polar surface area (TPSA) is 75.4 Å². The standard InChI is InChI=1S/C9H12N2O3/c1-5-4-10-14-8(5)9(13)11-6-2-7(12)3-6/h4,6-7,12H,2-3H2,1H3,(H,11,13). The Kier molecular flexibility index (Phi) is 2.25. The molecule has 1 amide bonds. The highest BCUT2D eigenvalue weighted by molar-refractivity contribution is 5.92. The summed E-state index contributed by atoms with van der Waals surface area (Å²) in [4.78, 5) is 11.5. The molecule has 1 aromatic heterocycles. The van der Waals surface area contributed by atoms with Crippen molar-refractivity contribution in [2.24, 2.45) is 0 Å². The second-order valence-corrected chi connectivity index (χ2v) is 3.63. The highest BCUT2D eigenvalue weighted by Crippen LogP contribution is 2.20. The van der Waals surface area contributed by atoms with E-state index in [1.54, 1.807) is 6.92 Å². The van der Waals surface area contributed by atoms with E-state index in [4.69, 9.17) is 9.63 Å². The summed E-state index contributed by atoms with van der Waals surface area (Å²) in [7, 11) is 0. The quantitative estimate of drug-likeness (QED) is 0.710. The molecule has 1 fully saturated rings. The van der Waals surface area contributed by atoms with Gasteiger partial charge >= 0.3 is 0 Å². The molecule has 0 bridgehead atoms. The number of carbonyl (C=O) groups excluding carboxylic acids is 1. The number of rotatable bonds is 2. The molecule has 1 aromatic rings. The Morgan fingerprint density at radius 1 is 1.71 bits per heavy atom. The molecule has 2 rings (SSSR count). The summed E-state index contributed by atoms with van der Waals surface area (Å²) in [5, 5.41) is 15.3. The average Bonchev–Trinajstić information content (AvgIpc) is 2.48. The van der Waals surface area contributed by atoms with Gasteiger partial charge in [-0.3, -0.25) is 4.79 Å². The van der Waals surface area contributed by atoms with Crippen molar-refractivity contribution in [3.05, 3.63) is 17.5 Å². The van der Waals surface area contributed by atoms with Crippen LogP contribution in [0.25, 0.3) is 0 Å². The summed E-state index contributed by atoms with van der Waals surface area (Å²) in [5.74, 6) is 0.00305. The van der Waals surface area contributed by atoms with E-state index in [9.17, 15) is 4.79 Å². The van der Waals surface area contributed by atoms with Gasteiger partial charge in [0.05, 0.1) is 12.3 Å². The largest absolute Gasteiger partial charge is 0.393 e. The smallest absolute Gasteiger partial charge is 0.290 e. The van der Waals surface area contributed by atoms with Crippen LogP contribution in [0.15, 0.2) is 10.7 Å². The predicted octanol–water partition coefficient (Wildman–Crippen LogP) is 0.236. The van der Waals surface area contributed by atoms with E-state index < -0.39 is 0 Å². The molecule has 0 spiro atoms. The summed E-state index contributed by atoms with van der Waals surface area (Å²) in [6.45, 7) is 1.76. The first-order valence-corrected chi connectivity index (χ1v) is 4.57. The van der Waals surface area contributed by atoms with E-state index in [1.165, 1.54) is 6.20 Å². The highest BCUT2D eigenvalue weighted by atomic mass is 16.5. The van der Waals surface area contributed by atoms with Gasteiger partial charge in [0, 0.05) is 11.6 Å². The zero-order valence-electron chi connectivity index (χ0n) is 7.86. The van der Waals surface area contributed by atoms with Crippen molar-refractivity contribution < 1.29 is 14.4 Å². The summed E-state index contributed by atoms with van der Waals surface area (Å²) in [6, 6.07) is 0.0713. The van der Waals surface area contributed by atoms with Crippen LogP contribution in [0.3, 0.4) is 0 Å². The number of aryl methyl sites for hydroxylation is 1. The van der Waals surface area contributed by atoms with Gasteiger partial charge in [-0.1, -0.05) is 5.16 Å². The van der Waals surface area contributed by atoms with Gasteiger partial charge in [0.2, 0.25) is 5.76 Å². The molecule has 1 aliphatic carbocycles. The van der Waals surface area contributed by atoms with Crippen molar-refractivity contribution in [3.63, 3.8) is 0 Å². The number of amides is 1. The van der Waals surface area contributed by atoms with Crippen LogP contribution in [0.1, 0.15) is 29.0 Å².